The summed E-state index contributed by atoms with van der Waals surface area (Å²) >= 11 is 0. The molecule has 0 spiro atoms. The van der Waals surface area contributed by atoms with E-state index >= 15 is 0 Å². The van der Waals surface area contributed by atoms with Gasteiger partial charge in [-0.2, -0.15) is 0 Å². The maximum atomic E-state index is 12.6. The van der Waals surface area contributed by atoms with E-state index in [0.29, 0.717) is 29.9 Å². The fraction of sp³-hybridized carbons (Fsp3) is 0.300. The van der Waals surface area contributed by atoms with Crippen molar-refractivity contribution in [3.63, 3.8) is 0 Å². The molecule has 2 N–H and O–H groups in total. The monoisotopic (exact) mass is 357 g/mol. The number of carbonyl (C=O) groups is 2. The SMILES string of the molecule is COc1ccc(C(=O)NC(CCC(=O)O)Cc2ccccc2)cc1OC. The van der Waals surface area contributed by atoms with Gasteiger partial charge in [0.1, 0.15) is 0 Å². The van der Waals surface area contributed by atoms with E-state index < -0.39 is 5.97 Å². The summed E-state index contributed by atoms with van der Waals surface area (Å²) < 4.78 is 10.4. The molecule has 0 saturated carbocycles. The summed E-state index contributed by atoms with van der Waals surface area (Å²) in [4.78, 5) is 23.5. The number of nitrogens with one attached hydrogen (secondary N) is 1. The Bertz CT molecular complexity index is 745. The van der Waals surface area contributed by atoms with E-state index in [4.69, 9.17) is 14.6 Å². The van der Waals surface area contributed by atoms with Crippen molar-refractivity contribution < 1.29 is 24.2 Å². The fourth-order valence-electron chi connectivity index (χ4n) is 2.67. The van der Waals surface area contributed by atoms with Crippen LogP contribution in [-0.2, 0) is 11.2 Å². The highest BCUT2D eigenvalue weighted by atomic mass is 16.5. The Morgan fingerprint density at radius 3 is 2.35 bits per heavy atom. The van der Waals surface area contributed by atoms with Crippen LogP contribution >= 0.6 is 0 Å². The van der Waals surface area contributed by atoms with Gasteiger partial charge < -0.3 is 19.9 Å². The Morgan fingerprint density at radius 2 is 1.73 bits per heavy atom. The second-order valence-electron chi connectivity index (χ2n) is 5.86. The number of aliphatic carboxylic acids is 1. The lowest BCUT2D eigenvalue weighted by atomic mass is 10.0. The number of carboxylic acid groups (broad SMARTS) is 1. The minimum atomic E-state index is -0.886. The zero-order valence-electron chi connectivity index (χ0n) is 14.9. The molecule has 0 aliphatic heterocycles. The molecule has 0 saturated heterocycles. The topological polar surface area (TPSA) is 84.9 Å². The normalized spacial score (nSPS) is 11.5. The summed E-state index contributed by atoms with van der Waals surface area (Å²) in [5.41, 5.74) is 1.46. The van der Waals surface area contributed by atoms with E-state index in [-0.39, 0.29) is 18.4 Å². The predicted octanol–water partition coefficient (Wildman–Crippen LogP) is 2.91. The van der Waals surface area contributed by atoms with Crippen molar-refractivity contribution in [2.24, 2.45) is 0 Å². The molecule has 0 aromatic heterocycles. The van der Waals surface area contributed by atoms with Crippen molar-refractivity contribution in [1.82, 2.24) is 5.32 Å². The molecular formula is C20H23NO5. The van der Waals surface area contributed by atoms with E-state index in [2.05, 4.69) is 5.32 Å². The van der Waals surface area contributed by atoms with Crippen LogP contribution in [0.25, 0.3) is 0 Å². The first-order chi connectivity index (χ1) is 12.5. The van der Waals surface area contributed by atoms with Crippen LogP contribution in [0.4, 0.5) is 0 Å². The zero-order valence-corrected chi connectivity index (χ0v) is 14.9. The lowest BCUT2D eigenvalue weighted by Crippen LogP contribution is -2.37. The van der Waals surface area contributed by atoms with Gasteiger partial charge in [0.25, 0.3) is 5.91 Å². The van der Waals surface area contributed by atoms with Crippen LogP contribution in [0.5, 0.6) is 11.5 Å². The smallest absolute Gasteiger partial charge is 0.303 e. The van der Waals surface area contributed by atoms with Crippen LogP contribution < -0.4 is 14.8 Å². The molecule has 0 bridgehead atoms. The molecule has 2 aromatic carbocycles. The van der Waals surface area contributed by atoms with Crippen molar-refractivity contribution in [3.05, 3.63) is 59.7 Å². The van der Waals surface area contributed by atoms with Gasteiger partial charge in [0.2, 0.25) is 0 Å². The number of carboxylic acids is 1. The largest absolute Gasteiger partial charge is 0.493 e. The summed E-state index contributed by atoms with van der Waals surface area (Å²) in [7, 11) is 3.03. The van der Waals surface area contributed by atoms with Crippen molar-refractivity contribution in [3.8, 4) is 11.5 Å². The number of benzene rings is 2. The molecule has 0 radical (unpaired) electrons. The van der Waals surface area contributed by atoms with Gasteiger partial charge in [-0.3, -0.25) is 9.59 Å². The molecule has 1 atom stereocenters. The summed E-state index contributed by atoms with van der Waals surface area (Å²) in [6.07, 6.45) is 0.903. The summed E-state index contributed by atoms with van der Waals surface area (Å²) in [5, 5.41) is 11.9. The average Bonchev–Trinajstić information content (AvgIpc) is 2.66. The number of rotatable bonds is 9. The van der Waals surface area contributed by atoms with Crippen LogP contribution in [0.1, 0.15) is 28.8 Å². The number of hydrogen-bond acceptors (Lipinski definition) is 4. The Hall–Kier alpha value is -3.02. The summed E-state index contributed by atoms with van der Waals surface area (Å²) in [5.74, 6) is -0.165. The standard InChI is InChI=1S/C20H23NO5/c1-25-17-10-8-15(13-18(17)26-2)20(24)21-16(9-11-19(22)23)12-14-6-4-3-5-7-14/h3-8,10,13,16H,9,11-12H2,1-2H3,(H,21,24)(H,22,23). The van der Waals surface area contributed by atoms with Gasteiger partial charge in [-0.25, -0.2) is 0 Å². The highest BCUT2D eigenvalue weighted by Gasteiger charge is 2.17. The highest BCUT2D eigenvalue weighted by molar-refractivity contribution is 5.95. The minimum Gasteiger partial charge on any atom is -0.493 e. The molecule has 0 aliphatic carbocycles. The molecule has 1 amide bonds. The van der Waals surface area contributed by atoms with Crippen molar-refractivity contribution in [1.29, 1.82) is 0 Å². The molecule has 6 nitrogen and oxygen atoms in total. The Morgan fingerprint density at radius 1 is 1.04 bits per heavy atom. The summed E-state index contributed by atoms with van der Waals surface area (Å²) in [6.45, 7) is 0. The maximum absolute atomic E-state index is 12.6. The maximum Gasteiger partial charge on any atom is 0.303 e. The van der Waals surface area contributed by atoms with E-state index in [9.17, 15) is 9.59 Å². The van der Waals surface area contributed by atoms with E-state index in [1.165, 1.54) is 14.2 Å². The molecule has 2 rings (SSSR count). The van der Waals surface area contributed by atoms with Gasteiger partial charge in [-0.15, -0.1) is 0 Å². The lowest BCUT2D eigenvalue weighted by Gasteiger charge is -2.19. The average molecular weight is 357 g/mol. The molecular weight excluding hydrogens is 334 g/mol. The van der Waals surface area contributed by atoms with Crippen molar-refractivity contribution >= 4 is 11.9 Å². The van der Waals surface area contributed by atoms with Gasteiger partial charge in [0.05, 0.1) is 14.2 Å². The number of methoxy groups -OCH3 is 2. The Labute approximate surface area is 152 Å². The molecule has 0 fully saturated rings. The van der Waals surface area contributed by atoms with Gasteiger partial charge in [-0.05, 0) is 36.6 Å². The molecule has 138 valence electrons. The molecule has 1 unspecified atom stereocenters. The number of hydrogen-bond donors (Lipinski definition) is 2. The quantitative estimate of drug-likeness (QED) is 0.721. The van der Waals surface area contributed by atoms with Crippen molar-refractivity contribution in [2.45, 2.75) is 25.3 Å². The van der Waals surface area contributed by atoms with Crippen LogP contribution in [0, 0.1) is 0 Å². The minimum absolute atomic E-state index is 0.0102. The second-order valence-corrected chi connectivity index (χ2v) is 5.86. The molecule has 0 aliphatic rings. The van der Waals surface area contributed by atoms with E-state index in [0.717, 1.165) is 5.56 Å². The van der Waals surface area contributed by atoms with Gasteiger partial charge >= 0.3 is 5.97 Å². The van der Waals surface area contributed by atoms with Crippen LogP contribution in [0.2, 0.25) is 0 Å². The highest BCUT2D eigenvalue weighted by Crippen LogP contribution is 2.27. The molecule has 6 heteroatoms. The zero-order chi connectivity index (χ0) is 18.9. The van der Waals surface area contributed by atoms with Crippen LogP contribution in [0.15, 0.2) is 48.5 Å². The first-order valence-corrected chi connectivity index (χ1v) is 8.32. The first-order valence-electron chi connectivity index (χ1n) is 8.32. The fourth-order valence-corrected chi connectivity index (χ4v) is 2.67. The number of ether oxygens (including phenoxy) is 2. The Balaban J connectivity index is 2.12. The van der Waals surface area contributed by atoms with E-state index in [1.807, 2.05) is 30.3 Å². The third-order valence-electron chi connectivity index (χ3n) is 4.01. The van der Waals surface area contributed by atoms with Gasteiger partial charge in [-0.1, -0.05) is 30.3 Å². The van der Waals surface area contributed by atoms with Crippen LogP contribution in [0.3, 0.4) is 0 Å². The first kappa shape index (κ1) is 19.3. The lowest BCUT2D eigenvalue weighted by molar-refractivity contribution is -0.137. The number of carbonyl (C=O) groups excluding carboxylic acids is 1. The van der Waals surface area contributed by atoms with Gasteiger partial charge in [0, 0.05) is 18.0 Å². The predicted molar refractivity (Wildman–Crippen MR) is 97.8 cm³/mol. The van der Waals surface area contributed by atoms with Crippen LogP contribution in [-0.4, -0.2) is 37.2 Å². The third-order valence-corrected chi connectivity index (χ3v) is 4.01. The summed E-state index contributed by atoms with van der Waals surface area (Å²) in [6, 6.07) is 14.3. The molecule has 0 heterocycles. The molecule has 26 heavy (non-hydrogen) atoms. The third kappa shape index (κ3) is 5.51. The van der Waals surface area contributed by atoms with Crippen molar-refractivity contribution in [2.75, 3.05) is 14.2 Å². The number of amides is 1. The van der Waals surface area contributed by atoms with E-state index in [1.54, 1.807) is 18.2 Å². The second kappa shape index (κ2) is 9.46. The molecule has 2 aromatic rings. The van der Waals surface area contributed by atoms with Gasteiger partial charge in [0.15, 0.2) is 11.5 Å². The Kier molecular flexibility index (Phi) is 7.02.